The number of ether oxygens (including phenoxy) is 3. The van der Waals surface area contributed by atoms with Crippen molar-refractivity contribution in [3.8, 4) is 17.4 Å². The largest absolute Gasteiger partial charge is 0.491 e. The van der Waals surface area contributed by atoms with Gasteiger partial charge < -0.3 is 19.0 Å². The van der Waals surface area contributed by atoms with Gasteiger partial charge in [-0.25, -0.2) is 4.98 Å². The molecule has 10 heteroatoms. The van der Waals surface area contributed by atoms with Crippen LogP contribution in [-0.4, -0.2) is 37.6 Å². The molecule has 1 aromatic carbocycles. The Morgan fingerprint density at radius 1 is 1.03 bits per heavy atom. The normalized spacial score (nSPS) is 11.2. The predicted octanol–water partition coefficient (Wildman–Crippen LogP) is 7.00. The standard InChI is InChI=1S/C22H24Cl4N2O4/c1-14-10-19(24)22(27-13-14)32-8-5-4-7-31-21-17(15(2)28-29-3)11-16(12-18(21)23)30-9-6-20(25)26/h6,10-13H,4-5,7-9H2,1-3H3/b28-15-. The molecule has 32 heavy (non-hydrogen) atoms. The van der Waals surface area contributed by atoms with E-state index in [-0.39, 0.29) is 11.1 Å². The van der Waals surface area contributed by atoms with E-state index in [4.69, 9.17) is 65.5 Å². The summed E-state index contributed by atoms with van der Waals surface area (Å²) >= 11 is 23.8. The van der Waals surface area contributed by atoms with Crippen LogP contribution >= 0.6 is 46.4 Å². The fourth-order valence-electron chi connectivity index (χ4n) is 2.63. The molecule has 0 saturated heterocycles. The van der Waals surface area contributed by atoms with E-state index in [0.717, 1.165) is 18.4 Å². The van der Waals surface area contributed by atoms with Gasteiger partial charge in [-0.05, 0) is 50.5 Å². The molecule has 0 radical (unpaired) electrons. The van der Waals surface area contributed by atoms with E-state index in [1.165, 1.54) is 13.2 Å². The van der Waals surface area contributed by atoms with E-state index in [2.05, 4.69) is 10.1 Å². The second-order valence-electron chi connectivity index (χ2n) is 6.65. The number of aryl methyl sites for hydroxylation is 1. The zero-order valence-electron chi connectivity index (χ0n) is 18.0. The molecule has 0 bridgehead atoms. The first-order chi connectivity index (χ1) is 15.3. The van der Waals surface area contributed by atoms with Gasteiger partial charge in [-0.2, -0.15) is 0 Å². The lowest BCUT2D eigenvalue weighted by Gasteiger charge is -2.15. The van der Waals surface area contributed by atoms with Gasteiger partial charge in [0.05, 0.1) is 23.9 Å². The van der Waals surface area contributed by atoms with Gasteiger partial charge in [-0.15, -0.1) is 0 Å². The lowest BCUT2D eigenvalue weighted by molar-refractivity contribution is 0.213. The van der Waals surface area contributed by atoms with E-state index in [1.807, 2.05) is 13.0 Å². The van der Waals surface area contributed by atoms with Crippen LogP contribution in [0.25, 0.3) is 0 Å². The van der Waals surface area contributed by atoms with Crippen LogP contribution in [0, 0.1) is 6.92 Å². The van der Waals surface area contributed by atoms with E-state index in [1.54, 1.807) is 25.3 Å². The summed E-state index contributed by atoms with van der Waals surface area (Å²) in [5, 5.41) is 4.86. The lowest BCUT2D eigenvalue weighted by atomic mass is 10.1. The van der Waals surface area contributed by atoms with Crippen molar-refractivity contribution in [3.05, 3.63) is 56.1 Å². The van der Waals surface area contributed by atoms with Crippen LogP contribution in [0.5, 0.6) is 17.4 Å². The minimum atomic E-state index is 0.123. The lowest BCUT2D eigenvalue weighted by Crippen LogP contribution is -2.07. The molecule has 2 rings (SSSR count). The molecule has 6 nitrogen and oxygen atoms in total. The second kappa shape index (κ2) is 13.6. The summed E-state index contributed by atoms with van der Waals surface area (Å²) < 4.78 is 17.3. The van der Waals surface area contributed by atoms with Crippen molar-refractivity contribution >= 4 is 52.1 Å². The smallest absolute Gasteiger partial charge is 0.232 e. The predicted molar refractivity (Wildman–Crippen MR) is 130 cm³/mol. The molecule has 174 valence electrons. The van der Waals surface area contributed by atoms with Gasteiger partial charge in [0.1, 0.15) is 34.7 Å². The first-order valence-electron chi connectivity index (χ1n) is 9.75. The molecule has 2 aromatic rings. The number of unbranched alkanes of at least 4 members (excludes halogenated alkanes) is 1. The molecule has 0 fully saturated rings. The highest BCUT2D eigenvalue weighted by Gasteiger charge is 2.15. The van der Waals surface area contributed by atoms with Crippen molar-refractivity contribution in [2.24, 2.45) is 5.16 Å². The number of rotatable bonds is 12. The molecule has 0 aliphatic rings. The number of pyridine rings is 1. The van der Waals surface area contributed by atoms with Crippen molar-refractivity contribution in [1.29, 1.82) is 0 Å². The highest BCUT2D eigenvalue weighted by Crippen LogP contribution is 2.34. The van der Waals surface area contributed by atoms with Crippen LogP contribution in [0.3, 0.4) is 0 Å². The molecule has 0 spiro atoms. The molecule has 0 amide bonds. The molecular weight excluding hydrogens is 498 g/mol. The van der Waals surface area contributed by atoms with E-state index < -0.39 is 0 Å². The van der Waals surface area contributed by atoms with Gasteiger partial charge in [0.15, 0.2) is 0 Å². The van der Waals surface area contributed by atoms with Gasteiger partial charge in [0.25, 0.3) is 0 Å². The molecule has 1 heterocycles. The summed E-state index contributed by atoms with van der Waals surface area (Å²) in [7, 11) is 1.47. The molecular formula is C22H24Cl4N2O4. The number of benzene rings is 1. The third-order valence-electron chi connectivity index (χ3n) is 4.09. The number of nitrogens with zero attached hydrogens (tertiary/aromatic N) is 2. The Balaban J connectivity index is 1.96. The van der Waals surface area contributed by atoms with Crippen LogP contribution < -0.4 is 14.2 Å². The quantitative estimate of drug-likeness (QED) is 0.171. The maximum atomic E-state index is 6.45. The zero-order chi connectivity index (χ0) is 23.5. The Bertz CT molecular complexity index is 963. The molecule has 0 unspecified atom stereocenters. The Morgan fingerprint density at radius 3 is 2.41 bits per heavy atom. The molecule has 0 atom stereocenters. The minimum absolute atomic E-state index is 0.123. The van der Waals surface area contributed by atoms with Gasteiger partial charge in [0, 0.05) is 17.8 Å². The maximum Gasteiger partial charge on any atom is 0.232 e. The Morgan fingerprint density at radius 2 is 1.75 bits per heavy atom. The summed E-state index contributed by atoms with van der Waals surface area (Å²) in [6.07, 6.45) is 4.72. The van der Waals surface area contributed by atoms with E-state index in [0.29, 0.717) is 51.9 Å². The summed E-state index contributed by atoms with van der Waals surface area (Å²) in [6, 6.07) is 5.24. The highest BCUT2D eigenvalue weighted by atomic mass is 35.5. The highest BCUT2D eigenvalue weighted by molar-refractivity contribution is 6.55. The van der Waals surface area contributed by atoms with Crippen molar-refractivity contribution in [2.45, 2.75) is 26.7 Å². The van der Waals surface area contributed by atoms with Crippen LogP contribution in [0.15, 0.2) is 40.1 Å². The molecule has 0 aliphatic carbocycles. The number of hydrogen-bond acceptors (Lipinski definition) is 6. The number of halogens is 4. The van der Waals surface area contributed by atoms with E-state index >= 15 is 0 Å². The monoisotopic (exact) mass is 520 g/mol. The van der Waals surface area contributed by atoms with Crippen molar-refractivity contribution < 1.29 is 19.0 Å². The van der Waals surface area contributed by atoms with Gasteiger partial charge in [-0.1, -0.05) is 51.6 Å². The molecule has 1 aromatic heterocycles. The Hall–Kier alpha value is -1.86. The summed E-state index contributed by atoms with van der Waals surface area (Å²) in [5.74, 6) is 1.44. The molecule has 0 saturated carbocycles. The van der Waals surface area contributed by atoms with E-state index in [9.17, 15) is 0 Å². The molecule has 0 aliphatic heterocycles. The minimum Gasteiger partial charge on any atom is -0.491 e. The fraction of sp³-hybridized carbons (Fsp3) is 0.364. The first kappa shape index (κ1) is 26.4. The van der Waals surface area contributed by atoms with Gasteiger partial charge in [0.2, 0.25) is 5.88 Å². The van der Waals surface area contributed by atoms with Gasteiger partial charge >= 0.3 is 0 Å². The topological polar surface area (TPSA) is 62.2 Å². The first-order valence-corrected chi connectivity index (χ1v) is 11.3. The Kier molecular flexibility index (Phi) is 11.2. The van der Waals surface area contributed by atoms with Gasteiger partial charge in [-0.3, -0.25) is 0 Å². The van der Waals surface area contributed by atoms with Crippen LogP contribution in [0.4, 0.5) is 0 Å². The third-order valence-corrected chi connectivity index (χ3v) is 4.95. The van der Waals surface area contributed by atoms with Crippen LogP contribution in [0.2, 0.25) is 10.0 Å². The van der Waals surface area contributed by atoms with Crippen molar-refractivity contribution in [3.63, 3.8) is 0 Å². The SMILES string of the molecule is CO/N=C(/C)c1cc(OCC=C(Cl)Cl)cc(Cl)c1OCCCCOc1ncc(C)cc1Cl. The molecule has 0 N–H and O–H groups in total. The number of hydrogen-bond donors (Lipinski definition) is 0. The summed E-state index contributed by atoms with van der Waals surface area (Å²) in [4.78, 5) is 9.08. The average Bonchev–Trinajstić information content (AvgIpc) is 2.72. The second-order valence-corrected chi connectivity index (χ2v) is 8.47. The third kappa shape index (κ3) is 8.58. The van der Waals surface area contributed by atoms with Crippen molar-refractivity contribution in [1.82, 2.24) is 4.98 Å². The summed E-state index contributed by atoms with van der Waals surface area (Å²) in [5.41, 5.74) is 2.22. The van der Waals surface area contributed by atoms with Crippen molar-refractivity contribution in [2.75, 3.05) is 26.9 Å². The average molecular weight is 522 g/mol. The summed E-state index contributed by atoms with van der Waals surface area (Å²) in [6.45, 7) is 4.79. The Labute approximate surface area is 208 Å². The van der Waals surface area contributed by atoms with Crippen LogP contribution in [0.1, 0.15) is 30.9 Å². The number of aromatic nitrogens is 1. The number of oxime groups is 1. The van der Waals surface area contributed by atoms with Crippen LogP contribution in [-0.2, 0) is 4.84 Å². The fourth-order valence-corrected chi connectivity index (χ4v) is 3.29. The maximum absolute atomic E-state index is 6.45. The zero-order valence-corrected chi connectivity index (χ0v) is 21.0.